The van der Waals surface area contributed by atoms with Gasteiger partial charge in [0.25, 0.3) is 5.91 Å². The number of anilines is 1. The summed E-state index contributed by atoms with van der Waals surface area (Å²) in [5.41, 5.74) is 8.44. The van der Waals surface area contributed by atoms with E-state index in [4.69, 9.17) is 18.0 Å². The second-order valence-electron chi connectivity index (χ2n) is 4.78. The van der Waals surface area contributed by atoms with Crippen molar-refractivity contribution in [3.8, 4) is 0 Å². The number of nitrogens with two attached hydrogens (primary N) is 1. The van der Waals surface area contributed by atoms with Crippen LogP contribution in [0.5, 0.6) is 0 Å². The number of carbonyl (C=O) groups is 1. The number of aryl methyl sites for hydroxylation is 2. The van der Waals surface area contributed by atoms with Gasteiger partial charge in [-0.2, -0.15) is 0 Å². The third-order valence-corrected chi connectivity index (χ3v) is 3.41. The molecule has 21 heavy (non-hydrogen) atoms. The normalized spacial score (nSPS) is 10.2. The summed E-state index contributed by atoms with van der Waals surface area (Å²) in [6.45, 7) is 3.50. The standard InChI is InChI=1S/C16H15FN2OS/c1-9-6-7-11(8-12(9)17)16(20)19-13-5-3-4-10(2)14(13)15(18)21/h3-8H,1-2H3,(H2,18,21)(H,19,20). The summed E-state index contributed by atoms with van der Waals surface area (Å²) in [5.74, 6) is -0.821. The number of amides is 1. The fraction of sp³-hybridized carbons (Fsp3) is 0.125. The zero-order valence-corrected chi connectivity index (χ0v) is 12.6. The number of hydrogen-bond acceptors (Lipinski definition) is 2. The van der Waals surface area contributed by atoms with E-state index in [1.54, 1.807) is 31.2 Å². The summed E-state index contributed by atoms with van der Waals surface area (Å²) in [7, 11) is 0. The molecule has 0 fully saturated rings. The maximum absolute atomic E-state index is 13.5. The molecule has 0 atom stereocenters. The fourth-order valence-corrected chi connectivity index (χ4v) is 2.30. The van der Waals surface area contributed by atoms with Crippen molar-refractivity contribution in [2.75, 3.05) is 5.32 Å². The van der Waals surface area contributed by atoms with Gasteiger partial charge in [-0.3, -0.25) is 4.79 Å². The predicted octanol–water partition coefficient (Wildman–Crippen LogP) is 3.33. The van der Waals surface area contributed by atoms with Crippen LogP contribution in [0, 0.1) is 19.7 Å². The fourth-order valence-electron chi connectivity index (χ4n) is 2.03. The molecule has 2 aromatic rings. The van der Waals surface area contributed by atoms with Crippen LogP contribution < -0.4 is 11.1 Å². The summed E-state index contributed by atoms with van der Waals surface area (Å²) in [4.78, 5) is 12.4. The largest absolute Gasteiger partial charge is 0.389 e. The van der Waals surface area contributed by atoms with Gasteiger partial charge in [-0.1, -0.05) is 30.4 Å². The SMILES string of the molecule is Cc1ccc(C(=O)Nc2cccc(C)c2C(N)=S)cc1F. The highest BCUT2D eigenvalue weighted by Crippen LogP contribution is 2.20. The van der Waals surface area contributed by atoms with E-state index < -0.39 is 11.7 Å². The van der Waals surface area contributed by atoms with Gasteiger partial charge in [0.2, 0.25) is 0 Å². The molecule has 2 aromatic carbocycles. The van der Waals surface area contributed by atoms with Crippen LogP contribution in [-0.2, 0) is 0 Å². The molecule has 108 valence electrons. The third kappa shape index (κ3) is 3.25. The van der Waals surface area contributed by atoms with E-state index in [0.29, 0.717) is 16.8 Å². The van der Waals surface area contributed by atoms with E-state index in [9.17, 15) is 9.18 Å². The Balaban J connectivity index is 2.34. The van der Waals surface area contributed by atoms with Crippen molar-refractivity contribution in [3.05, 3.63) is 64.5 Å². The highest BCUT2D eigenvalue weighted by atomic mass is 32.1. The molecule has 0 aromatic heterocycles. The number of halogens is 1. The molecule has 0 saturated carbocycles. The number of rotatable bonds is 3. The van der Waals surface area contributed by atoms with Crippen LogP contribution in [0.15, 0.2) is 36.4 Å². The van der Waals surface area contributed by atoms with Gasteiger partial charge in [-0.25, -0.2) is 4.39 Å². The molecule has 0 bridgehead atoms. The number of nitrogens with one attached hydrogen (secondary N) is 1. The summed E-state index contributed by atoms with van der Waals surface area (Å²) in [6, 6.07) is 9.71. The van der Waals surface area contributed by atoms with Crippen LogP contribution in [0.3, 0.4) is 0 Å². The Kier molecular flexibility index (Phi) is 4.33. The van der Waals surface area contributed by atoms with Crippen molar-refractivity contribution in [1.29, 1.82) is 0 Å². The zero-order chi connectivity index (χ0) is 15.6. The van der Waals surface area contributed by atoms with Crippen LogP contribution >= 0.6 is 12.2 Å². The van der Waals surface area contributed by atoms with Gasteiger partial charge in [-0.15, -0.1) is 0 Å². The maximum atomic E-state index is 13.5. The molecule has 0 saturated heterocycles. The molecule has 3 N–H and O–H groups in total. The third-order valence-electron chi connectivity index (χ3n) is 3.20. The number of hydrogen-bond donors (Lipinski definition) is 2. The first-order chi connectivity index (χ1) is 9.90. The molecule has 0 heterocycles. The van der Waals surface area contributed by atoms with Crippen molar-refractivity contribution in [2.45, 2.75) is 13.8 Å². The molecule has 0 aliphatic carbocycles. The zero-order valence-electron chi connectivity index (χ0n) is 11.7. The van der Waals surface area contributed by atoms with Gasteiger partial charge in [0.15, 0.2) is 0 Å². The van der Waals surface area contributed by atoms with Gasteiger partial charge < -0.3 is 11.1 Å². The van der Waals surface area contributed by atoms with Crippen LogP contribution in [0.25, 0.3) is 0 Å². The molecule has 3 nitrogen and oxygen atoms in total. The second kappa shape index (κ2) is 6.01. The van der Waals surface area contributed by atoms with Crippen molar-refractivity contribution in [2.24, 2.45) is 5.73 Å². The van der Waals surface area contributed by atoms with Crippen molar-refractivity contribution in [3.63, 3.8) is 0 Å². The van der Waals surface area contributed by atoms with Crippen LogP contribution in [0.2, 0.25) is 0 Å². The van der Waals surface area contributed by atoms with Crippen molar-refractivity contribution < 1.29 is 9.18 Å². The molecule has 0 spiro atoms. The lowest BCUT2D eigenvalue weighted by Gasteiger charge is -2.12. The highest BCUT2D eigenvalue weighted by molar-refractivity contribution is 7.80. The summed E-state index contributed by atoms with van der Waals surface area (Å²) >= 11 is 5.01. The first-order valence-corrected chi connectivity index (χ1v) is 6.78. The second-order valence-corrected chi connectivity index (χ2v) is 5.22. The van der Waals surface area contributed by atoms with Gasteiger partial charge >= 0.3 is 0 Å². The number of carbonyl (C=O) groups excluding carboxylic acids is 1. The highest BCUT2D eigenvalue weighted by Gasteiger charge is 2.13. The Morgan fingerprint density at radius 3 is 2.52 bits per heavy atom. The molecule has 0 aliphatic rings. The minimum Gasteiger partial charge on any atom is -0.389 e. The van der Waals surface area contributed by atoms with Gasteiger partial charge in [0.1, 0.15) is 10.8 Å². The van der Waals surface area contributed by atoms with E-state index in [1.807, 2.05) is 13.0 Å². The molecule has 0 aliphatic heterocycles. The van der Waals surface area contributed by atoms with E-state index in [-0.39, 0.29) is 10.6 Å². The first kappa shape index (κ1) is 15.1. The number of benzene rings is 2. The van der Waals surface area contributed by atoms with Gasteiger partial charge in [0.05, 0.1) is 5.69 Å². The van der Waals surface area contributed by atoms with E-state index in [0.717, 1.165) is 5.56 Å². The van der Waals surface area contributed by atoms with E-state index >= 15 is 0 Å². The predicted molar refractivity (Wildman–Crippen MR) is 86.2 cm³/mol. The summed E-state index contributed by atoms with van der Waals surface area (Å²) in [6.07, 6.45) is 0. The van der Waals surface area contributed by atoms with Crippen LogP contribution in [-0.4, -0.2) is 10.9 Å². The molecular formula is C16H15FN2OS. The van der Waals surface area contributed by atoms with Gasteiger partial charge in [0, 0.05) is 11.1 Å². The maximum Gasteiger partial charge on any atom is 0.255 e. The Labute approximate surface area is 128 Å². The van der Waals surface area contributed by atoms with Crippen molar-refractivity contribution >= 4 is 28.8 Å². The smallest absolute Gasteiger partial charge is 0.255 e. The summed E-state index contributed by atoms with van der Waals surface area (Å²) < 4.78 is 13.5. The molecule has 5 heteroatoms. The minimum atomic E-state index is -0.415. The number of thiocarbonyl (C=S) groups is 1. The Bertz CT molecular complexity index is 728. The first-order valence-electron chi connectivity index (χ1n) is 6.37. The Morgan fingerprint density at radius 2 is 1.90 bits per heavy atom. The van der Waals surface area contributed by atoms with Crippen molar-refractivity contribution in [1.82, 2.24) is 0 Å². The molecule has 1 amide bonds. The van der Waals surface area contributed by atoms with Crippen LogP contribution in [0.1, 0.15) is 27.0 Å². The lowest BCUT2D eigenvalue weighted by molar-refractivity contribution is 0.102. The quantitative estimate of drug-likeness (QED) is 0.855. The molecule has 0 unspecified atom stereocenters. The lowest BCUT2D eigenvalue weighted by atomic mass is 10.1. The van der Waals surface area contributed by atoms with E-state index in [1.165, 1.54) is 6.07 Å². The molecule has 0 radical (unpaired) electrons. The molecule has 2 rings (SSSR count). The topological polar surface area (TPSA) is 55.1 Å². The van der Waals surface area contributed by atoms with Crippen LogP contribution in [0.4, 0.5) is 10.1 Å². The minimum absolute atomic E-state index is 0.207. The van der Waals surface area contributed by atoms with E-state index in [2.05, 4.69) is 5.32 Å². The monoisotopic (exact) mass is 302 g/mol. The molecular weight excluding hydrogens is 287 g/mol. The average Bonchev–Trinajstić information content (AvgIpc) is 2.41. The van der Waals surface area contributed by atoms with Gasteiger partial charge in [-0.05, 0) is 43.2 Å². The lowest BCUT2D eigenvalue weighted by Crippen LogP contribution is -2.18. The summed E-state index contributed by atoms with van der Waals surface area (Å²) in [5, 5.41) is 2.72. The average molecular weight is 302 g/mol. The Hall–Kier alpha value is -2.27. The Morgan fingerprint density at radius 1 is 1.19 bits per heavy atom.